The Kier molecular flexibility index (Phi) is 4.13. The van der Waals surface area contributed by atoms with Gasteiger partial charge in [0.1, 0.15) is 17.1 Å². The van der Waals surface area contributed by atoms with Crippen LogP contribution in [0.4, 0.5) is 0 Å². The summed E-state index contributed by atoms with van der Waals surface area (Å²) >= 11 is 0. The number of nitrogens with zero attached hydrogens (tertiary/aromatic N) is 7. The molecule has 3 rings (SSSR count). The van der Waals surface area contributed by atoms with Crippen molar-refractivity contribution in [3.8, 4) is 0 Å². The van der Waals surface area contributed by atoms with Crippen LogP contribution in [0, 0.1) is 6.92 Å². The lowest BCUT2D eigenvalue weighted by molar-refractivity contribution is -0.133. The van der Waals surface area contributed by atoms with Crippen LogP contribution < -0.4 is 0 Å². The van der Waals surface area contributed by atoms with E-state index in [0.717, 1.165) is 29.0 Å². The first kappa shape index (κ1) is 16.2. The average Bonchev–Trinajstić information content (AvgIpc) is 3.24. The van der Waals surface area contributed by atoms with E-state index in [-0.39, 0.29) is 11.9 Å². The molecule has 0 radical (unpaired) electrons. The molecule has 0 aliphatic heterocycles. The fourth-order valence-corrected chi connectivity index (χ4v) is 2.93. The number of likely N-dealkylation sites (N-methyl/N-ethyl adjacent to an activating group) is 1. The highest BCUT2D eigenvalue weighted by atomic mass is 16.2. The van der Waals surface area contributed by atoms with Crippen molar-refractivity contribution >= 4 is 16.9 Å². The highest BCUT2D eigenvalue weighted by Gasteiger charge is 2.22. The molecule has 0 aliphatic carbocycles. The van der Waals surface area contributed by atoms with E-state index in [9.17, 15) is 4.79 Å². The highest BCUT2D eigenvalue weighted by molar-refractivity contribution is 5.81. The Labute approximate surface area is 140 Å². The lowest BCUT2D eigenvalue weighted by atomic mass is 10.3. The van der Waals surface area contributed by atoms with Crippen LogP contribution in [0.2, 0.25) is 0 Å². The van der Waals surface area contributed by atoms with E-state index < -0.39 is 0 Å². The van der Waals surface area contributed by atoms with E-state index in [2.05, 4.69) is 15.3 Å². The number of fused-ring (bicyclic) bond motifs is 1. The maximum Gasteiger partial charge on any atom is 0.247 e. The molecule has 0 aromatic carbocycles. The molecule has 8 heteroatoms. The smallest absolute Gasteiger partial charge is 0.247 e. The SMILES string of the molecule is CCn1nccc1CN(C)C(=O)C(C)n1cc2c(n1)c(C)nn2C. The van der Waals surface area contributed by atoms with Gasteiger partial charge in [-0.05, 0) is 26.8 Å². The van der Waals surface area contributed by atoms with Crippen LogP contribution in [0.5, 0.6) is 0 Å². The van der Waals surface area contributed by atoms with E-state index in [1.165, 1.54) is 0 Å². The molecule has 3 aromatic heterocycles. The summed E-state index contributed by atoms with van der Waals surface area (Å²) in [5.41, 5.74) is 3.65. The zero-order valence-electron chi connectivity index (χ0n) is 14.8. The number of rotatable bonds is 5. The molecule has 1 unspecified atom stereocenters. The Morgan fingerprint density at radius 3 is 2.79 bits per heavy atom. The van der Waals surface area contributed by atoms with Crippen LogP contribution >= 0.6 is 0 Å². The van der Waals surface area contributed by atoms with Crippen molar-refractivity contribution in [1.29, 1.82) is 0 Å². The van der Waals surface area contributed by atoms with Gasteiger partial charge < -0.3 is 4.90 Å². The van der Waals surface area contributed by atoms with Gasteiger partial charge in [0.05, 0.1) is 24.1 Å². The summed E-state index contributed by atoms with van der Waals surface area (Å²) in [4.78, 5) is 14.5. The molecule has 8 nitrogen and oxygen atoms in total. The maximum absolute atomic E-state index is 12.8. The predicted molar refractivity (Wildman–Crippen MR) is 90.3 cm³/mol. The molecule has 1 atom stereocenters. The number of hydrogen-bond donors (Lipinski definition) is 0. The Bertz CT molecular complexity index is 838. The minimum absolute atomic E-state index is 0.0114. The van der Waals surface area contributed by atoms with E-state index in [1.807, 2.05) is 51.8 Å². The van der Waals surface area contributed by atoms with Crippen molar-refractivity contribution in [2.45, 2.75) is 39.9 Å². The van der Waals surface area contributed by atoms with Gasteiger partial charge in [0, 0.05) is 26.8 Å². The van der Waals surface area contributed by atoms with E-state index in [4.69, 9.17) is 0 Å². The van der Waals surface area contributed by atoms with Gasteiger partial charge in [0.25, 0.3) is 0 Å². The molecule has 0 N–H and O–H groups in total. The monoisotopic (exact) mass is 329 g/mol. The number of aromatic nitrogens is 6. The van der Waals surface area contributed by atoms with E-state index in [0.29, 0.717) is 6.54 Å². The van der Waals surface area contributed by atoms with Crippen molar-refractivity contribution < 1.29 is 4.79 Å². The molecule has 0 aliphatic rings. The normalized spacial score (nSPS) is 12.7. The molecule has 3 aromatic rings. The summed E-state index contributed by atoms with van der Waals surface area (Å²) in [5, 5.41) is 13.1. The molecule has 24 heavy (non-hydrogen) atoms. The van der Waals surface area contributed by atoms with E-state index >= 15 is 0 Å². The fourth-order valence-electron chi connectivity index (χ4n) is 2.93. The first-order chi connectivity index (χ1) is 11.4. The Balaban J connectivity index is 1.78. The van der Waals surface area contributed by atoms with Gasteiger partial charge in [-0.3, -0.25) is 18.8 Å². The minimum Gasteiger partial charge on any atom is -0.338 e. The van der Waals surface area contributed by atoms with Crippen LogP contribution in [0.25, 0.3) is 11.0 Å². The van der Waals surface area contributed by atoms with Crippen LogP contribution in [-0.2, 0) is 24.9 Å². The minimum atomic E-state index is -0.375. The summed E-state index contributed by atoms with van der Waals surface area (Å²) < 4.78 is 5.40. The van der Waals surface area contributed by atoms with Gasteiger partial charge >= 0.3 is 0 Å². The van der Waals surface area contributed by atoms with Crippen molar-refractivity contribution in [3.63, 3.8) is 0 Å². The summed E-state index contributed by atoms with van der Waals surface area (Å²) in [6.07, 6.45) is 3.64. The molecule has 0 fully saturated rings. The number of amides is 1. The molecule has 0 spiro atoms. The van der Waals surface area contributed by atoms with Gasteiger partial charge in [0.15, 0.2) is 0 Å². The third kappa shape index (κ3) is 2.68. The molecule has 3 heterocycles. The number of carbonyl (C=O) groups excluding carboxylic acids is 1. The summed E-state index contributed by atoms with van der Waals surface area (Å²) in [6.45, 7) is 7.14. The van der Waals surface area contributed by atoms with Crippen LogP contribution in [-0.4, -0.2) is 47.2 Å². The van der Waals surface area contributed by atoms with Gasteiger partial charge in [-0.15, -0.1) is 0 Å². The van der Waals surface area contributed by atoms with Crippen LogP contribution in [0.3, 0.4) is 0 Å². The van der Waals surface area contributed by atoms with Crippen LogP contribution in [0.15, 0.2) is 18.5 Å². The van der Waals surface area contributed by atoms with Crippen molar-refractivity contribution in [2.75, 3.05) is 7.05 Å². The molecule has 128 valence electrons. The second-order valence-corrected chi connectivity index (χ2v) is 6.06. The molecule has 0 saturated heterocycles. The van der Waals surface area contributed by atoms with Crippen LogP contribution in [0.1, 0.15) is 31.3 Å². The van der Waals surface area contributed by atoms with Gasteiger partial charge in [-0.1, -0.05) is 0 Å². The summed E-state index contributed by atoms with van der Waals surface area (Å²) in [5.74, 6) is 0.0114. The van der Waals surface area contributed by atoms with Gasteiger partial charge in [0.2, 0.25) is 5.91 Å². The third-order valence-electron chi connectivity index (χ3n) is 4.34. The quantitative estimate of drug-likeness (QED) is 0.711. The Morgan fingerprint density at radius 2 is 2.12 bits per heavy atom. The average molecular weight is 329 g/mol. The number of aryl methyl sites for hydroxylation is 3. The standard InChI is InChI=1S/C16H23N7O/c1-6-22-13(7-8-17-22)9-20(4)16(24)12(3)23-10-14-15(19-23)11(2)18-21(14)5/h7-8,10,12H,6,9H2,1-5H3. The third-order valence-corrected chi connectivity index (χ3v) is 4.34. The largest absolute Gasteiger partial charge is 0.338 e. The number of carbonyl (C=O) groups is 1. The molecular formula is C16H23N7O. The fraction of sp³-hybridized carbons (Fsp3) is 0.500. The van der Waals surface area contributed by atoms with Gasteiger partial charge in [-0.2, -0.15) is 15.3 Å². The van der Waals surface area contributed by atoms with Crippen molar-refractivity contribution in [3.05, 3.63) is 29.8 Å². The summed E-state index contributed by atoms with van der Waals surface area (Å²) in [7, 11) is 3.69. The first-order valence-electron chi connectivity index (χ1n) is 8.06. The topological polar surface area (TPSA) is 73.8 Å². The van der Waals surface area contributed by atoms with Crippen molar-refractivity contribution in [1.82, 2.24) is 34.2 Å². The lowest BCUT2D eigenvalue weighted by Gasteiger charge is -2.22. The zero-order valence-corrected chi connectivity index (χ0v) is 14.8. The van der Waals surface area contributed by atoms with Gasteiger partial charge in [-0.25, -0.2) is 0 Å². The predicted octanol–water partition coefficient (Wildman–Crippen LogP) is 1.51. The first-order valence-corrected chi connectivity index (χ1v) is 8.06. The molecular weight excluding hydrogens is 306 g/mol. The number of hydrogen-bond acceptors (Lipinski definition) is 4. The zero-order chi connectivity index (χ0) is 17.4. The van der Waals surface area contributed by atoms with Crippen molar-refractivity contribution in [2.24, 2.45) is 7.05 Å². The highest BCUT2D eigenvalue weighted by Crippen LogP contribution is 2.19. The lowest BCUT2D eigenvalue weighted by Crippen LogP contribution is -2.33. The Hall–Kier alpha value is -2.64. The summed E-state index contributed by atoms with van der Waals surface area (Å²) in [6, 6.07) is 1.56. The molecule has 1 amide bonds. The molecule has 0 bridgehead atoms. The second kappa shape index (κ2) is 6.10. The Morgan fingerprint density at radius 1 is 1.38 bits per heavy atom. The second-order valence-electron chi connectivity index (χ2n) is 6.06. The molecule has 0 saturated carbocycles. The van der Waals surface area contributed by atoms with E-state index in [1.54, 1.807) is 20.5 Å². The maximum atomic E-state index is 12.8.